The molecule has 1 heterocycles. The third-order valence-corrected chi connectivity index (χ3v) is 2.52. The van der Waals surface area contributed by atoms with Crippen molar-refractivity contribution in [3.05, 3.63) is 28.5 Å². The van der Waals surface area contributed by atoms with Crippen LogP contribution in [0.5, 0.6) is 0 Å². The van der Waals surface area contributed by atoms with E-state index in [0.29, 0.717) is 11.3 Å². The predicted molar refractivity (Wildman–Crippen MR) is 52.5 cm³/mol. The minimum absolute atomic E-state index is 0.225. The molecule has 0 bridgehead atoms. The van der Waals surface area contributed by atoms with Crippen molar-refractivity contribution in [1.82, 2.24) is 4.98 Å². The average molecular weight is 240 g/mol. The van der Waals surface area contributed by atoms with Gasteiger partial charge in [0.2, 0.25) is 9.05 Å². The van der Waals surface area contributed by atoms with Crippen molar-refractivity contribution in [2.45, 2.75) is 12.7 Å². The highest BCUT2D eigenvalue weighted by Gasteiger charge is 2.08. The van der Waals surface area contributed by atoms with Gasteiger partial charge in [-0.2, -0.15) is 0 Å². The SMILES string of the molecule is Cc1cc(CS(=O)(=O)Cl)cc(Cl)n1. The normalized spacial score (nSPS) is 11.6. The van der Waals surface area contributed by atoms with Crippen molar-refractivity contribution in [2.75, 3.05) is 0 Å². The molecular weight excluding hydrogens is 233 g/mol. The fraction of sp³-hybridized carbons (Fsp3) is 0.286. The molecule has 1 aromatic rings. The second-order valence-corrected chi connectivity index (χ2v) is 5.79. The first-order valence-corrected chi connectivity index (χ1v) is 6.28. The molecule has 6 heteroatoms. The maximum atomic E-state index is 10.7. The Kier molecular flexibility index (Phi) is 3.16. The highest BCUT2D eigenvalue weighted by Crippen LogP contribution is 2.14. The predicted octanol–water partition coefficient (Wildman–Crippen LogP) is 2.11. The molecule has 0 saturated heterocycles. The van der Waals surface area contributed by atoms with Crippen molar-refractivity contribution in [2.24, 2.45) is 0 Å². The molecule has 1 rings (SSSR count). The summed E-state index contributed by atoms with van der Waals surface area (Å²) in [6.07, 6.45) is 0. The molecule has 0 aliphatic heterocycles. The summed E-state index contributed by atoms with van der Waals surface area (Å²) >= 11 is 5.63. The molecule has 0 aliphatic rings. The summed E-state index contributed by atoms with van der Waals surface area (Å²) in [4.78, 5) is 3.89. The van der Waals surface area contributed by atoms with Gasteiger partial charge in [0.1, 0.15) is 5.15 Å². The first kappa shape index (κ1) is 10.8. The molecule has 13 heavy (non-hydrogen) atoms. The third kappa shape index (κ3) is 3.93. The lowest BCUT2D eigenvalue weighted by Gasteiger charge is -2.00. The molecule has 0 spiro atoms. The van der Waals surface area contributed by atoms with Crippen LogP contribution in [0.4, 0.5) is 0 Å². The number of halogens is 2. The van der Waals surface area contributed by atoms with Gasteiger partial charge in [-0.3, -0.25) is 0 Å². The molecule has 0 unspecified atom stereocenters. The maximum absolute atomic E-state index is 10.7. The van der Waals surface area contributed by atoms with Crippen LogP contribution in [0.15, 0.2) is 12.1 Å². The van der Waals surface area contributed by atoms with Crippen LogP contribution >= 0.6 is 22.3 Å². The molecular formula is C7H7Cl2NO2S. The number of nitrogens with zero attached hydrogens (tertiary/aromatic N) is 1. The molecule has 0 fully saturated rings. The number of hydrogen-bond donors (Lipinski definition) is 0. The van der Waals surface area contributed by atoms with E-state index < -0.39 is 9.05 Å². The van der Waals surface area contributed by atoms with Crippen molar-refractivity contribution >= 4 is 31.3 Å². The highest BCUT2D eigenvalue weighted by atomic mass is 35.7. The second-order valence-electron chi connectivity index (χ2n) is 2.62. The monoisotopic (exact) mass is 239 g/mol. The number of hydrogen-bond acceptors (Lipinski definition) is 3. The van der Waals surface area contributed by atoms with Crippen LogP contribution in [-0.4, -0.2) is 13.4 Å². The lowest BCUT2D eigenvalue weighted by Crippen LogP contribution is -1.96. The Bertz CT molecular complexity index is 396. The van der Waals surface area contributed by atoms with Crippen LogP contribution in [-0.2, 0) is 14.8 Å². The van der Waals surface area contributed by atoms with E-state index in [-0.39, 0.29) is 10.9 Å². The average Bonchev–Trinajstić information content (AvgIpc) is 1.78. The van der Waals surface area contributed by atoms with Gasteiger partial charge in [0.25, 0.3) is 0 Å². The Labute approximate surface area is 86.1 Å². The summed E-state index contributed by atoms with van der Waals surface area (Å²) in [7, 11) is 1.56. The Hall–Kier alpha value is -0.320. The van der Waals surface area contributed by atoms with Gasteiger partial charge >= 0.3 is 0 Å². The van der Waals surface area contributed by atoms with Gasteiger partial charge in [-0.1, -0.05) is 11.6 Å². The van der Waals surface area contributed by atoms with Gasteiger partial charge < -0.3 is 0 Å². The van der Waals surface area contributed by atoms with Crippen molar-refractivity contribution in [3.63, 3.8) is 0 Å². The van der Waals surface area contributed by atoms with E-state index in [2.05, 4.69) is 4.98 Å². The summed E-state index contributed by atoms with van der Waals surface area (Å²) in [5.74, 6) is -0.225. The summed E-state index contributed by atoms with van der Waals surface area (Å²) < 4.78 is 21.5. The van der Waals surface area contributed by atoms with E-state index in [4.69, 9.17) is 22.3 Å². The minimum Gasteiger partial charge on any atom is -0.241 e. The molecule has 72 valence electrons. The first-order chi connectivity index (χ1) is 5.87. The second kappa shape index (κ2) is 3.82. The molecule has 3 nitrogen and oxygen atoms in total. The van der Waals surface area contributed by atoms with E-state index >= 15 is 0 Å². The van der Waals surface area contributed by atoms with Crippen LogP contribution in [0.1, 0.15) is 11.3 Å². The Morgan fingerprint density at radius 1 is 1.46 bits per heavy atom. The number of rotatable bonds is 2. The fourth-order valence-electron chi connectivity index (χ4n) is 0.978. The quantitative estimate of drug-likeness (QED) is 0.587. The highest BCUT2D eigenvalue weighted by molar-refractivity contribution is 8.13. The van der Waals surface area contributed by atoms with Crippen LogP contribution in [0.25, 0.3) is 0 Å². The van der Waals surface area contributed by atoms with E-state index in [1.807, 2.05) is 0 Å². The number of aromatic nitrogens is 1. The molecule has 0 aliphatic carbocycles. The Morgan fingerprint density at radius 2 is 2.08 bits per heavy atom. The van der Waals surface area contributed by atoms with Gasteiger partial charge in [0.05, 0.1) is 5.75 Å². The Balaban J connectivity index is 3.03. The molecule has 0 amide bonds. The van der Waals surface area contributed by atoms with Crippen LogP contribution in [0.2, 0.25) is 5.15 Å². The maximum Gasteiger partial charge on any atom is 0.236 e. The van der Waals surface area contributed by atoms with Crippen molar-refractivity contribution in [1.29, 1.82) is 0 Å². The molecule has 0 aromatic carbocycles. The zero-order valence-electron chi connectivity index (χ0n) is 6.79. The van der Waals surface area contributed by atoms with E-state index in [1.165, 1.54) is 6.07 Å². The van der Waals surface area contributed by atoms with Crippen molar-refractivity contribution < 1.29 is 8.42 Å². The summed E-state index contributed by atoms with van der Waals surface area (Å²) in [5, 5.41) is 0.273. The standard InChI is InChI=1S/C7H7Cl2NO2S/c1-5-2-6(3-7(8)10-5)4-13(9,11)12/h2-3H,4H2,1H3. The summed E-state index contributed by atoms with van der Waals surface area (Å²) in [6, 6.07) is 3.11. The van der Waals surface area contributed by atoms with Crippen LogP contribution < -0.4 is 0 Å². The molecule has 0 radical (unpaired) electrons. The van der Waals surface area contributed by atoms with Crippen LogP contribution in [0, 0.1) is 6.92 Å². The molecule has 0 atom stereocenters. The van der Waals surface area contributed by atoms with E-state index in [0.717, 1.165) is 0 Å². The minimum atomic E-state index is -3.52. The van der Waals surface area contributed by atoms with E-state index in [9.17, 15) is 8.42 Å². The zero-order chi connectivity index (χ0) is 10.1. The third-order valence-electron chi connectivity index (χ3n) is 1.32. The van der Waals surface area contributed by atoms with Gasteiger partial charge in [-0.05, 0) is 24.6 Å². The number of aryl methyl sites for hydroxylation is 1. The molecule has 1 aromatic heterocycles. The van der Waals surface area contributed by atoms with E-state index in [1.54, 1.807) is 13.0 Å². The first-order valence-electron chi connectivity index (χ1n) is 3.42. The largest absolute Gasteiger partial charge is 0.241 e. The number of pyridine rings is 1. The topological polar surface area (TPSA) is 47.0 Å². The Morgan fingerprint density at radius 3 is 2.54 bits per heavy atom. The summed E-state index contributed by atoms with van der Waals surface area (Å²) in [5.41, 5.74) is 1.22. The van der Waals surface area contributed by atoms with Gasteiger partial charge in [-0.25, -0.2) is 13.4 Å². The smallest absolute Gasteiger partial charge is 0.236 e. The lowest BCUT2D eigenvalue weighted by molar-refractivity contribution is 0.609. The van der Waals surface area contributed by atoms with Gasteiger partial charge in [0.15, 0.2) is 0 Å². The van der Waals surface area contributed by atoms with Crippen LogP contribution in [0.3, 0.4) is 0 Å². The fourth-order valence-corrected chi connectivity index (χ4v) is 2.19. The summed E-state index contributed by atoms with van der Waals surface area (Å²) in [6.45, 7) is 1.73. The zero-order valence-corrected chi connectivity index (χ0v) is 9.12. The lowest BCUT2D eigenvalue weighted by atomic mass is 10.2. The van der Waals surface area contributed by atoms with Gasteiger partial charge in [0, 0.05) is 16.4 Å². The van der Waals surface area contributed by atoms with Crippen molar-refractivity contribution in [3.8, 4) is 0 Å². The molecule has 0 N–H and O–H groups in total. The van der Waals surface area contributed by atoms with Gasteiger partial charge in [-0.15, -0.1) is 0 Å². The molecule has 0 saturated carbocycles.